The van der Waals surface area contributed by atoms with E-state index in [-0.39, 0.29) is 42.6 Å². The molecule has 1 aromatic carbocycles. The van der Waals surface area contributed by atoms with Crippen molar-refractivity contribution in [2.24, 2.45) is 5.92 Å². The van der Waals surface area contributed by atoms with Crippen LogP contribution >= 0.6 is 12.4 Å². The van der Waals surface area contributed by atoms with E-state index >= 15 is 0 Å². The van der Waals surface area contributed by atoms with Gasteiger partial charge in [-0.15, -0.1) is 12.4 Å². The number of nitrogens with two attached hydrogens (primary N) is 1. The summed E-state index contributed by atoms with van der Waals surface area (Å²) in [5.74, 6) is 0.589. The fourth-order valence-electron chi connectivity index (χ4n) is 3.08. The Labute approximate surface area is 155 Å². The molecule has 1 saturated carbocycles. The van der Waals surface area contributed by atoms with Crippen LogP contribution in [0.3, 0.4) is 0 Å². The smallest absolute Gasteiger partial charge is 0.226 e. The van der Waals surface area contributed by atoms with E-state index in [9.17, 15) is 9.59 Å². The van der Waals surface area contributed by atoms with Crippen LogP contribution in [0.5, 0.6) is 5.75 Å². The highest BCUT2D eigenvalue weighted by atomic mass is 35.5. The van der Waals surface area contributed by atoms with E-state index in [1.807, 2.05) is 6.92 Å². The molecular weight excluding hydrogens is 342 g/mol. The van der Waals surface area contributed by atoms with Crippen LogP contribution in [-0.4, -0.2) is 25.0 Å². The molecule has 0 aliphatic heterocycles. The van der Waals surface area contributed by atoms with Crippen molar-refractivity contribution in [1.29, 1.82) is 0 Å². The predicted molar refractivity (Wildman–Crippen MR) is 102 cm³/mol. The third-order valence-electron chi connectivity index (χ3n) is 4.37. The monoisotopic (exact) mass is 369 g/mol. The average molecular weight is 370 g/mol. The first-order valence-electron chi connectivity index (χ1n) is 8.53. The van der Waals surface area contributed by atoms with Gasteiger partial charge in [0.25, 0.3) is 0 Å². The summed E-state index contributed by atoms with van der Waals surface area (Å²) in [4.78, 5) is 24.3. The van der Waals surface area contributed by atoms with Crippen molar-refractivity contribution in [2.45, 2.75) is 51.5 Å². The minimum Gasteiger partial charge on any atom is -0.495 e. The zero-order valence-electron chi connectivity index (χ0n) is 14.8. The number of nitrogens with one attached hydrogen (secondary N) is 2. The van der Waals surface area contributed by atoms with Gasteiger partial charge >= 0.3 is 0 Å². The second-order valence-corrected chi connectivity index (χ2v) is 6.45. The van der Waals surface area contributed by atoms with E-state index in [0.717, 1.165) is 25.7 Å². The predicted octanol–water partition coefficient (Wildman–Crippen LogP) is 3.11. The normalized spacial score (nSPS) is 15.6. The Morgan fingerprint density at radius 2 is 1.96 bits per heavy atom. The minimum absolute atomic E-state index is 0. The molecule has 140 valence electrons. The lowest BCUT2D eigenvalue weighted by Gasteiger charge is -2.23. The van der Waals surface area contributed by atoms with Gasteiger partial charge in [0, 0.05) is 24.1 Å². The SMILES string of the molecule is COc1ccc(NC(=O)CC(C)NC(=O)C2CCCCC2)cc1N.Cl. The lowest BCUT2D eigenvalue weighted by Crippen LogP contribution is -2.39. The molecule has 0 radical (unpaired) electrons. The molecular formula is C18H28ClN3O3. The van der Waals surface area contributed by atoms with Crippen LogP contribution in [-0.2, 0) is 9.59 Å². The third-order valence-corrected chi connectivity index (χ3v) is 4.37. The second kappa shape index (κ2) is 10.1. The fraction of sp³-hybridized carbons (Fsp3) is 0.556. The fourth-order valence-corrected chi connectivity index (χ4v) is 3.08. The minimum atomic E-state index is -0.199. The first kappa shape index (κ1) is 21.1. The summed E-state index contributed by atoms with van der Waals surface area (Å²) in [6.07, 6.45) is 5.58. The molecule has 1 unspecified atom stereocenters. The van der Waals surface area contributed by atoms with Gasteiger partial charge in [0.05, 0.1) is 12.8 Å². The first-order chi connectivity index (χ1) is 11.5. The number of ether oxygens (including phenoxy) is 1. The summed E-state index contributed by atoms with van der Waals surface area (Å²) in [6.45, 7) is 1.85. The zero-order valence-corrected chi connectivity index (χ0v) is 15.7. The molecule has 1 aliphatic carbocycles. The highest BCUT2D eigenvalue weighted by Crippen LogP contribution is 2.25. The molecule has 7 heteroatoms. The summed E-state index contributed by atoms with van der Waals surface area (Å²) >= 11 is 0. The van der Waals surface area contributed by atoms with E-state index in [2.05, 4.69) is 10.6 Å². The van der Waals surface area contributed by atoms with E-state index in [1.54, 1.807) is 25.3 Å². The maximum absolute atomic E-state index is 12.2. The number of rotatable bonds is 6. The van der Waals surface area contributed by atoms with Crippen LogP contribution in [0.25, 0.3) is 0 Å². The third kappa shape index (κ3) is 6.46. The molecule has 1 aromatic rings. The van der Waals surface area contributed by atoms with Crippen molar-refractivity contribution in [3.8, 4) is 5.75 Å². The molecule has 0 saturated heterocycles. The number of carbonyl (C=O) groups excluding carboxylic acids is 2. The number of carbonyl (C=O) groups is 2. The Balaban J connectivity index is 0.00000312. The van der Waals surface area contributed by atoms with E-state index in [1.165, 1.54) is 6.42 Å². The number of anilines is 2. The van der Waals surface area contributed by atoms with Crippen LogP contribution in [0.1, 0.15) is 45.4 Å². The van der Waals surface area contributed by atoms with Gasteiger partial charge in [-0.1, -0.05) is 19.3 Å². The van der Waals surface area contributed by atoms with Gasteiger partial charge in [0.15, 0.2) is 0 Å². The molecule has 2 amide bonds. The molecule has 1 fully saturated rings. The summed E-state index contributed by atoms with van der Waals surface area (Å²) in [7, 11) is 1.54. The Bertz CT molecular complexity index is 589. The molecule has 25 heavy (non-hydrogen) atoms. The Kier molecular flexibility index (Phi) is 8.55. The van der Waals surface area contributed by atoms with Crippen LogP contribution in [0, 0.1) is 5.92 Å². The average Bonchev–Trinajstić information content (AvgIpc) is 2.55. The summed E-state index contributed by atoms with van der Waals surface area (Å²) < 4.78 is 5.09. The molecule has 4 N–H and O–H groups in total. The van der Waals surface area contributed by atoms with Crippen LogP contribution in [0.4, 0.5) is 11.4 Å². The Hall–Kier alpha value is -1.95. The van der Waals surface area contributed by atoms with Crippen molar-refractivity contribution >= 4 is 35.6 Å². The van der Waals surface area contributed by atoms with Crippen molar-refractivity contribution in [3.05, 3.63) is 18.2 Å². The van der Waals surface area contributed by atoms with Gasteiger partial charge in [-0.25, -0.2) is 0 Å². The molecule has 0 spiro atoms. The van der Waals surface area contributed by atoms with Gasteiger partial charge in [0.2, 0.25) is 11.8 Å². The number of amides is 2. The number of methoxy groups -OCH3 is 1. The number of hydrogen-bond acceptors (Lipinski definition) is 4. The Morgan fingerprint density at radius 1 is 1.28 bits per heavy atom. The maximum atomic E-state index is 12.2. The first-order valence-corrected chi connectivity index (χ1v) is 8.53. The van der Waals surface area contributed by atoms with Crippen LogP contribution in [0.2, 0.25) is 0 Å². The molecule has 0 heterocycles. The Morgan fingerprint density at radius 3 is 2.56 bits per heavy atom. The quantitative estimate of drug-likeness (QED) is 0.671. The van der Waals surface area contributed by atoms with Crippen molar-refractivity contribution in [2.75, 3.05) is 18.2 Å². The van der Waals surface area contributed by atoms with E-state index in [4.69, 9.17) is 10.5 Å². The highest BCUT2D eigenvalue weighted by Gasteiger charge is 2.22. The van der Waals surface area contributed by atoms with Gasteiger partial charge in [0.1, 0.15) is 5.75 Å². The molecule has 1 aliphatic rings. The standard InChI is InChI=1S/C18H27N3O3.ClH/c1-12(20-18(23)13-6-4-3-5-7-13)10-17(22)21-14-8-9-16(24-2)15(19)11-14;/h8-9,11-13H,3-7,10,19H2,1-2H3,(H,20,23)(H,21,22);1H. The van der Waals surface area contributed by atoms with Gasteiger partial charge < -0.3 is 21.1 Å². The summed E-state index contributed by atoms with van der Waals surface area (Å²) in [5.41, 5.74) is 6.91. The summed E-state index contributed by atoms with van der Waals surface area (Å²) in [5, 5.41) is 5.74. The zero-order chi connectivity index (χ0) is 17.5. The van der Waals surface area contributed by atoms with Gasteiger partial charge in [-0.2, -0.15) is 0 Å². The summed E-state index contributed by atoms with van der Waals surface area (Å²) in [6, 6.07) is 4.90. The van der Waals surface area contributed by atoms with Gasteiger partial charge in [-0.3, -0.25) is 9.59 Å². The lowest BCUT2D eigenvalue weighted by atomic mass is 9.88. The van der Waals surface area contributed by atoms with Crippen LogP contribution in [0.15, 0.2) is 18.2 Å². The lowest BCUT2D eigenvalue weighted by molar-refractivity contribution is -0.126. The molecule has 2 rings (SSSR count). The maximum Gasteiger partial charge on any atom is 0.226 e. The topological polar surface area (TPSA) is 93.5 Å². The van der Waals surface area contributed by atoms with Crippen molar-refractivity contribution in [1.82, 2.24) is 5.32 Å². The highest BCUT2D eigenvalue weighted by molar-refractivity contribution is 5.92. The van der Waals surface area contributed by atoms with Gasteiger partial charge in [-0.05, 0) is 38.0 Å². The number of hydrogen-bond donors (Lipinski definition) is 3. The number of halogens is 1. The molecule has 1 atom stereocenters. The number of benzene rings is 1. The number of nitrogen functional groups attached to an aromatic ring is 1. The van der Waals surface area contributed by atoms with Crippen LogP contribution < -0.4 is 21.1 Å². The molecule has 0 aromatic heterocycles. The molecule has 6 nitrogen and oxygen atoms in total. The molecule has 0 bridgehead atoms. The van der Waals surface area contributed by atoms with E-state index in [0.29, 0.717) is 17.1 Å². The van der Waals surface area contributed by atoms with E-state index < -0.39 is 0 Å². The largest absolute Gasteiger partial charge is 0.495 e. The van der Waals surface area contributed by atoms with Crippen molar-refractivity contribution in [3.63, 3.8) is 0 Å². The van der Waals surface area contributed by atoms with Crippen molar-refractivity contribution < 1.29 is 14.3 Å². The second-order valence-electron chi connectivity index (χ2n) is 6.45.